The van der Waals surface area contributed by atoms with Crippen molar-refractivity contribution in [3.63, 3.8) is 0 Å². The average Bonchev–Trinajstić information content (AvgIpc) is 2.67. The van der Waals surface area contributed by atoms with Crippen LogP contribution in [0.1, 0.15) is 27.5 Å². The van der Waals surface area contributed by atoms with Gasteiger partial charge in [0.1, 0.15) is 11.9 Å². The van der Waals surface area contributed by atoms with Crippen molar-refractivity contribution in [1.82, 2.24) is 9.80 Å². The predicted molar refractivity (Wildman–Crippen MR) is 109 cm³/mol. The van der Waals surface area contributed by atoms with Crippen LogP contribution in [0.25, 0.3) is 0 Å². The number of rotatable bonds is 3. The summed E-state index contributed by atoms with van der Waals surface area (Å²) in [4.78, 5) is 28.3. The fourth-order valence-electron chi connectivity index (χ4n) is 3.08. The molecule has 1 fully saturated rings. The van der Waals surface area contributed by atoms with Gasteiger partial charge in [0.2, 0.25) is 5.91 Å². The quantitative estimate of drug-likeness (QED) is 0.820. The van der Waals surface area contributed by atoms with Crippen LogP contribution in [0.3, 0.4) is 0 Å². The van der Waals surface area contributed by atoms with E-state index in [1.54, 1.807) is 4.90 Å². The van der Waals surface area contributed by atoms with E-state index in [1.165, 1.54) is 17.0 Å². The molecule has 0 saturated carbocycles. The molecule has 1 aliphatic heterocycles. The van der Waals surface area contributed by atoms with Crippen LogP contribution in [0.2, 0.25) is 5.02 Å². The molecule has 1 unspecified atom stereocenters. The second-order valence-corrected chi connectivity index (χ2v) is 7.07. The Morgan fingerprint density at radius 2 is 1.61 bits per heavy atom. The summed E-state index contributed by atoms with van der Waals surface area (Å²) in [6, 6.07) is 10.8. The molecule has 1 atom stereocenters. The Hall–Kier alpha value is -2.15. The largest absolute Gasteiger partial charge is 0.337 e. The first-order valence-corrected chi connectivity index (χ1v) is 9.10. The highest BCUT2D eigenvalue weighted by molar-refractivity contribution is 6.30. The number of hydrogen-bond acceptors (Lipinski definition) is 3. The van der Waals surface area contributed by atoms with E-state index in [0.29, 0.717) is 26.2 Å². The van der Waals surface area contributed by atoms with Crippen LogP contribution < -0.4 is 5.73 Å². The minimum Gasteiger partial charge on any atom is -0.337 e. The lowest BCUT2D eigenvalue weighted by atomic mass is 10.0. The number of piperazine rings is 1. The molecule has 150 valence electrons. The number of nitrogens with zero attached hydrogens (tertiary/aromatic N) is 2. The van der Waals surface area contributed by atoms with E-state index >= 15 is 0 Å². The number of carbonyl (C=O) groups is 2. The van der Waals surface area contributed by atoms with Crippen molar-refractivity contribution >= 4 is 35.8 Å². The number of hydrogen-bond donors (Lipinski definition) is 1. The van der Waals surface area contributed by atoms with Crippen LogP contribution in [0, 0.1) is 12.7 Å². The Bertz CT molecular complexity index is 853. The Kier molecular flexibility index (Phi) is 7.41. The summed E-state index contributed by atoms with van der Waals surface area (Å²) < 4.78 is 14.0. The van der Waals surface area contributed by atoms with Crippen molar-refractivity contribution < 1.29 is 14.0 Å². The monoisotopic (exact) mass is 425 g/mol. The number of nitrogens with two attached hydrogens (primary N) is 1. The molecule has 1 heterocycles. The minimum atomic E-state index is -0.735. The molecule has 1 aliphatic rings. The van der Waals surface area contributed by atoms with E-state index in [9.17, 15) is 14.0 Å². The number of halogens is 3. The zero-order chi connectivity index (χ0) is 19.6. The zero-order valence-electron chi connectivity index (χ0n) is 15.4. The normalized spacial score (nSPS) is 15.0. The number of amides is 2. The molecule has 1 saturated heterocycles. The van der Waals surface area contributed by atoms with Gasteiger partial charge in [-0.25, -0.2) is 4.39 Å². The van der Waals surface area contributed by atoms with Crippen LogP contribution in [-0.4, -0.2) is 47.8 Å². The van der Waals surface area contributed by atoms with E-state index in [-0.39, 0.29) is 28.9 Å². The van der Waals surface area contributed by atoms with Gasteiger partial charge in [0, 0.05) is 31.2 Å². The molecule has 0 radical (unpaired) electrons. The van der Waals surface area contributed by atoms with Crippen molar-refractivity contribution in [2.24, 2.45) is 5.73 Å². The molecule has 0 aliphatic carbocycles. The Morgan fingerprint density at radius 3 is 2.18 bits per heavy atom. The first-order valence-electron chi connectivity index (χ1n) is 8.72. The first-order chi connectivity index (χ1) is 12.9. The minimum absolute atomic E-state index is 0. The maximum absolute atomic E-state index is 14.0. The van der Waals surface area contributed by atoms with Gasteiger partial charge < -0.3 is 15.5 Å². The summed E-state index contributed by atoms with van der Waals surface area (Å²) in [7, 11) is 0. The second kappa shape index (κ2) is 9.37. The van der Waals surface area contributed by atoms with Crippen molar-refractivity contribution in [2.75, 3.05) is 26.2 Å². The van der Waals surface area contributed by atoms with Crippen LogP contribution in [0.4, 0.5) is 4.39 Å². The van der Waals surface area contributed by atoms with Crippen LogP contribution in [-0.2, 0) is 4.79 Å². The van der Waals surface area contributed by atoms with Crippen molar-refractivity contribution in [1.29, 1.82) is 0 Å². The Labute approximate surface area is 174 Å². The summed E-state index contributed by atoms with van der Waals surface area (Å²) in [5, 5.41) is 0.240. The highest BCUT2D eigenvalue weighted by atomic mass is 35.5. The molecule has 0 bridgehead atoms. The van der Waals surface area contributed by atoms with E-state index in [0.717, 1.165) is 17.2 Å². The van der Waals surface area contributed by atoms with Crippen LogP contribution in [0.5, 0.6) is 0 Å². The van der Waals surface area contributed by atoms with Crippen molar-refractivity contribution in [3.05, 3.63) is 70.0 Å². The number of aryl methyl sites for hydroxylation is 1. The molecule has 2 aromatic carbocycles. The lowest BCUT2D eigenvalue weighted by molar-refractivity contribution is -0.134. The summed E-state index contributed by atoms with van der Waals surface area (Å²) in [6.45, 7) is 3.34. The Balaban J connectivity index is 0.00000280. The molecule has 3 rings (SSSR count). The summed E-state index contributed by atoms with van der Waals surface area (Å²) in [5.74, 6) is -1.23. The van der Waals surface area contributed by atoms with E-state index < -0.39 is 17.8 Å². The van der Waals surface area contributed by atoms with Gasteiger partial charge in [-0.1, -0.05) is 41.4 Å². The smallest absolute Gasteiger partial charge is 0.256 e. The van der Waals surface area contributed by atoms with Gasteiger partial charge >= 0.3 is 0 Å². The standard InChI is InChI=1S/C20H21ClFN3O2.ClH/c1-13-2-4-14(5-3-13)18(23)20(27)25-10-8-24(9-11-25)19(26)16-7-6-15(21)12-17(16)22;/h2-7,12,18H,8-11,23H2,1H3;1H. The molecule has 2 N–H and O–H groups in total. The van der Waals surface area contributed by atoms with Crippen molar-refractivity contribution in [3.8, 4) is 0 Å². The van der Waals surface area contributed by atoms with E-state index in [1.807, 2.05) is 31.2 Å². The number of benzene rings is 2. The highest BCUT2D eigenvalue weighted by Crippen LogP contribution is 2.19. The van der Waals surface area contributed by atoms with Gasteiger partial charge in [-0.05, 0) is 30.7 Å². The van der Waals surface area contributed by atoms with Crippen LogP contribution in [0.15, 0.2) is 42.5 Å². The van der Waals surface area contributed by atoms with E-state index in [2.05, 4.69) is 0 Å². The third-order valence-corrected chi connectivity index (χ3v) is 4.98. The maximum atomic E-state index is 14.0. The fraction of sp³-hybridized carbons (Fsp3) is 0.300. The molecule has 0 aromatic heterocycles. The third-order valence-electron chi connectivity index (χ3n) is 4.74. The van der Waals surface area contributed by atoms with Gasteiger partial charge in [0.25, 0.3) is 5.91 Å². The van der Waals surface area contributed by atoms with Gasteiger partial charge in [-0.3, -0.25) is 9.59 Å². The molecule has 5 nitrogen and oxygen atoms in total. The molecule has 2 aromatic rings. The second-order valence-electron chi connectivity index (χ2n) is 6.63. The topological polar surface area (TPSA) is 66.6 Å². The molecule has 2 amide bonds. The van der Waals surface area contributed by atoms with Gasteiger partial charge in [-0.15, -0.1) is 12.4 Å². The molecular weight excluding hydrogens is 404 g/mol. The summed E-state index contributed by atoms with van der Waals surface area (Å²) >= 11 is 5.73. The van der Waals surface area contributed by atoms with Crippen molar-refractivity contribution in [2.45, 2.75) is 13.0 Å². The molecular formula is C20H22Cl2FN3O2. The number of carbonyl (C=O) groups excluding carboxylic acids is 2. The zero-order valence-corrected chi connectivity index (χ0v) is 17.0. The average molecular weight is 426 g/mol. The molecule has 28 heavy (non-hydrogen) atoms. The van der Waals surface area contributed by atoms with Gasteiger partial charge in [0.15, 0.2) is 0 Å². The fourth-order valence-corrected chi connectivity index (χ4v) is 3.24. The highest BCUT2D eigenvalue weighted by Gasteiger charge is 2.29. The third kappa shape index (κ3) is 4.82. The predicted octanol–water partition coefficient (Wildman–Crippen LogP) is 3.19. The maximum Gasteiger partial charge on any atom is 0.256 e. The van der Waals surface area contributed by atoms with Crippen LogP contribution >= 0.6 is 24.0 Å². The first kappa shape index (κ1) is 22.1. The summed E-state index contributed by atoms with van der Waals surface area (Å²) in [5.41, 5.74) is 7.94. The lowest BCUT2D eigenvalue weighted by Crippen LogP contribution is -2.52. The summed E-state index contributed by atoms with van der Waals surface area (Å²) in [6.07, 6.45) is 0. The van der Waals surface area contributed by atoms with E-state index in [4.69, 9.17) is 17.3 Å². The SMILES string of the molecule is Cc1ccc(C(N)C(=O)N2CCN(C(=O)c3ccc(Cl)cc3F)CC2)cc1.Cl. The molecule has 8 heteroatoms. The molecule has 0 spiro atoms. The lowest BCUT2D eigenvalue weighted by Gasteiger charge is -2.36. The Morgan fingerprint density at radius 1 is 1.04 bits per heavy atom. The van der Waals surface area contributed by atoms with Gasteiger partial charge in [0.05, 0.1) is 5.56 Å². The van der Waals surface area contributed by atoms with Gasteiger partial charge in [-0.2, -0.15) is 0 Å².